The molecule has 1 heterocycles. The Balaban J connectivity index is 2.89. The van der Waals surface area contributed by atoms with Gasteiger partial charge in [-0.1, -0.05) is 0 Å². The van der Waals surface area contributed by atoms with E-state index in [1.165, 1.54) is 18.7 Å². The van der Waals surface area contributed by atoms with E-state index in [0.717, 1.165) is 0 Å². The van der Waals surface area contributed by atoms with Crippen LogP contribution >= 0.6 is 0 Å². The summed E-state index contributed by atoms with van der Waals surface area (Å²) in [7, 11) is 1.53. The second-order valence-corrected chi connectivity index (χ2v) is 2.56. The smallest absolute Gasteiger partial charge is 0.278 e. The van der Waals surface area contributed by atoms with Crippen LogP contribution in [0.5, 0.6) is 0 Å². The van der Waals surface area contributed by atoms with E-state index < -0.39 is 5.91 Å². The van der Waals surface area contributed by atoms with Crippen LogP contribution in [0.15, 0.2) is 10.5 Å². The summed E-state index contributed by atoms with van der Waals surface area (Å²) in [5, 5.41) is 8.38. The first-order chi connectivity index (χ1) is 6.19. The number of rotatable bonds is 3. The Bertz CT molecular complexity index is 305. The molecular weight excluding hydrogens is 174 g/mol. The number of aryl methyl sites for hydroxylation is 1. The van der Waals surface area contributed by atoms with E-state index in [4.69, 9.17) is 14.4 Å². The molecule has 1 aromatic rings. The molecule has 0 fully saturated rings. The molecule has 0 radical (unpaired) electrons. The third-order valence-electron chi connectivity index (χ3n) is 1.60. The summed E-state index contributed by atoms with van der Waals surface area (Å²) >= 11 is 0. The number of hydroxylamine groups is 1. The van der Waals surface area contributed by atoms with Crippen molar-refractivity contribution in [3.63, 3.8) is 0 Å². The Morgan fingerprint density at radius 3 is 3.00 bits per heavy atom. The standard InChI is InChI=1S/C8H11NO4/c1-5-7(8(10)9-11)3-6(13-5)4-12-2/h3,11H,4H2,1-2H3,(H,9,10). The van der Waals surface area contributed by atoms with Crippen molar-refractivity contribution in [1.82, 2.24) is 5.48 Å². The molecule has 1 rings (SSSR count). The van der Waals surface area contributed by atoms with Gasteiger partial charge in [0.1, 0.15) is 18.1 Å². The lowest BCUT2D eigenvalue weighted by molar-refractivity contribution is 0.0704. The predicted molar refractivity (Wildman–Crippen MR) is 43.4 cm³/mol. The molecule has 0 aromatic carbocycles. The fourth-order valence-corrected chi connectivity index (χ4v) is 1.04. The van der Waals surface area contributed by atoms with Crippen molar-refractivity contribution < 1.29 is 19.2 Å². The van der Waals surface area contributed by atoms with Crippen molar-refractivity contribution in [2.24, 2.45) is 0 Å². The maximum absolute atomic E-state index is 11.0. The van der Waals surface area contributed by atoms with Crippen LogP contribution in [0.2, 0.25) is 0 Å². The van der Waals surface area contributed by atoms with Gasteiger partial charge in [0, 0.05) is 7.11 Å². The average Bonchev–Trinajstić information content (AvgIpc) is 2.46. The third kappa shape index (κ3) is 2.07. The van der Waals surface area contributed by atoms with Gasteiger partial charge >= 0.3 is 0 Å². The van der Waals surface area contributed by atoms with Crippen LogP contribution in [-0.2, 0) is 11.3 Å². The fraction of sp³-hybridized carbons (Fsp3) is 0.375. The molecule has 13 heavy (non-hydrogen) atoms. The highest BCUT2D eigenvalue weighted by molar-refractivity contribution is 5.94. The molecule has 0 aliphatic rings. The summed E-state index contributed by atoms with van der Waals surface area (Å²) in [6.45, 7) is 1.95. The monoisotopic (exact) mass is 185 g/mol. The minimum Gasteiger partial charge on any atom is -0.463 e. The Labute approximate surface area is 75.3 Å². The molecule has 0 aliphatic carbocycles. The maximum atomic E-state index is 11.0. The SMILES string of the molecule is COCc1cc(C(=O)NO)c(C)o1. The molecule has 0 bridgehead atoms. The van der Waals surface area contributed by atoms with Gasteiger partial charge in [-0.15, -0.1) is 0 Å². The first-order valence-electron chi connectivity index (χ1n) is 3.71. The first kappa shape index (κ1) is 9.76. The van der Waals surface area contributed by atoms with Crippen molar-refractivity contribution in [3.8, 4) is 0 Å². The van der Waals surface area contributed by atoms with Gasteiger partial charge in [0.25, 0.3) is 5.91 Å². The quantitative estimate of drug-likeness (QED) is 0.541. The molecule has 72 valence electrons. The van der Waals surface area contributed by atoms with E-state index in [0.29, 0.717) is 23.7 Å². The molecule has 0 saturated heterocycles. The van der Waals surface area contributed by atoms with Gasteiger partial charge in [0.05, 0.1) is 5.56 Å². The Hall–Kier alpha value is -1.33. The van der Waals surface area contributed by atoms with Gasteiger partial charge in [-0.25, -0.2) is 5.48 Å². The zero-order valence-corrected chi connectivity index (χ0v) is 7.46. The van der Waals surface area contributed by atoms with Crippen molar-refractivity contribution in [2.45, 2.75) is 13.5 Å². The molecular formula is C8H11NO4. The highest BCUT2D eigenvalue weighted by Crippen LogP contribution is 2.14. The van der Waals surface area contributed by atoms with Crippen LogP contribution in [0.3, 0.4) is 0 Å². The van der Waals surface area contributed by atoms with E-state index in [1.807, 2.05) is 0 Å². The molecule has 5 nitrogen and oxygen atoms in total. The summed E-state index contributed by atoms with van der Waals surface area (Å²) < 4.78 is 10.0. The summed E-state index contributed by atoms with van der Waals surface area (Å²) in [4.78, 5) is 11.0. The van der Waals surface area contributed by atoms with Gasteiger partial charge in [0.15, 0.2) is 0 Å². The fourth-order valence-electron chi connectivity index (χ4n) is 1.04. The second-order valence-electron chi connectivity index (χ2n) is 2.56. The molecule has 0 saturated carbocycles. The summed E-state index contributed by atoms with van der Waals surface area (Å²) in [5.41, 5.74) is 1.85. The lowest BCUT2D eigenvalue weighted by Crippen LogP contribution is -2.18. The molecule has 0 unspecified atom stereocenters. The zero-order chi connectivity index (χ0) is 9.84. The zero-order valence-electron chi connectivity index (χ0n) is 7.46. The number of hydrogen-bond donors (Lipinski definition) is 2. The van der Waals surface area contributed by atoms with Crippen molar-refractivity contribution >= 4 is 5.91 Å². The van der Waals surface area contributed by atoms with Crippen LogP contribution in [0.25, 0.3) is 0 Å². The molecule has 5 heteroatoms. The van der Waals surface area contributed by atoms with Gasteiger partial charge in [0.2, 0.25) is 0 Å². The summed E-state index contributed by atoms with van der Waals surface area (Å²) in [6.07, 6.45) is 0. The Morgan fingerprint density at radius 1 is 1.77 bits per heavy atom. The number of furan rings is 1. The van der Waals surface area contributed by atoms with Gasteiger partial charge < -0.3 is 9.15 Å². The van der Waals surface area contributed by atoms with Crippen LogP contribution in [0, 0.1) is 6.92 Å². The first-order valence-corrected chi connectivity index (χ1v) is 3.71. The largest absolute Gasteiger partial charge is 0.463 e. The number of carbonyl (C=O) groups is 1. The topological polar surface area (TPSA) is 71.7 Å². The third-order valence-corrected chi connectivity index (χ3v) is 1.60. The van der Waals surface area contributed by atoms with E-state index >= 15 is 0 Å². The van der Waals surface area contributed by atoms with Gasteiger partial charge in [-0.05, 0) is 13.0 Å². The summed E-state index contributed by atoms with van der Waals surface area (Å²) in [6, 6.07) is 1.53. The second kappa shape index (κ2) is 4.06. The normalized spacial score (nSPS) is 10.1. The molecule has 0 aliphatic heterocycles. The molecule has 2 N–H and O–H groups in total. The maximum Gasteiger partial charge on any atom is 0.278 e. The molecule has 0 spiro atoms. The lowest BCUT2D eigenvalue weighted by atomic mass is 10.2. The van der Waals surface area contributed by atoms with Crippen LogP contribution < -0.4 is 5.48 Å². The number of hydrogen-bond acceptors (Lipinski definition) is 4. The minimum absolute atomic E-state index is 0.305. The van der Waals surface area contributed by atoms with Crippen LogP contribution in [0.1, 0.15) is 21.9 Å². The van der Waals surface area contributed by atoms with Crippen LogP contribution in [-0.4, -0.2) is 18.2 Å². The number of nitrogens with one attached hydrogen (secondary N) is 1. The van der Waals surface area contributed by atoms with Crippen molar-refractivity contribution in [1.29, 1.82) is 0 Å². The minimum atomic E-state index is -0.580. The molecule has 1 amide bonds. The van der Waals surface area contributed by atoms with E-state index in [2.05, 4.69) is 0 Å². The van der Waals surface area contributed by atoms with Gasteiger partial charge in [-0.2, -0.15) is 0 Å². The highest BCUT2D eigenvalue weighted by Gasteiger charge is 2.13. The van der Waals surface area contributed by atoms with Crippen LogP contribution in [0.4, 0.5) is 0 Å². The van der Waals surface area contributed by atoms with E-state index in [1.54, 1.807) is 6.92 Å². The lowest BCUT2D eigenvalue weighted by Gasteiger charge is -1.92. The molecule has 0 atom stereocenters. The average molecular weight is 185 g/mol. The predicted octanol–water partition coefficient (Wildman–Crippen LogP) is 0.853. The number of methoxy groups -OCH3 is 1. The molecule has 1 aromatic heterocycles. The number of amides is 1. The summed E-state index contributed by atoms with van der Waals surface area (Å²) in [5.74, 6) is 0.431. The van der Waals surface area contributed by atoms with Gasteiger partial charge in [-0.3, -0.25) is 10.0 Å². The Kier molecular flexibility index (Phi) is 3.05. The number of ether oxygens (including phenoxy) is 1. The van der Waals surface area contributed by atoms with E-state index in [-0.39, 0.29) is 0 Å². The van der Waals surface area contributed by atoms with E-state index in [9.17, 15) is 4.79 Å². The van der Waals surface area contributed by atoms with Crippen molar-refractivity contribution in [3.05, 3.63) is 23.2 Å². The Morgan fingerprint density at radius 2 is 2.46 bits per heavy atom. The number of carbonyl (C=O) groups excluding carboxylic acids is 1. The highest BCUT2D eigenvalue weighted by atomic mass is 16.5. The van der Waals surface area contributed by atoms with Crippen molar-refractivity contribution in [2.75, 3.05) is 7.11 Å².